The summed E-state index contributed by atoms with van der Waals surface area (Å²) in [6.07, 6.45) is 1.64. The molecule has 0 fully saturated rings. The van der Waals surface area contributed by atoms with Crippen LogP contribution in [0.5, 0.6) is 0 Å². The van der Waals surface area contributed by atoms with Gasteiger partial charge in [0.05, 0.1) is 12.8 Å². The zero-order valence-electron chi connectivity index (χ0n) is 16.2. The predicted octanol–water partition coefficient (Wildman–Crippen LogP) is 4.93. The molecular weight excluding hydrogens is 415 g/mol. The minimum Gasteiger partial charge on any atom is -0.464 e. The van der Waals surface area contributed by atoms with E-state index in [1.54, 1.807) is 18.2 Å². The standard InChI is InChI=1S/C21H20Cl2N2O4/c1-14(16-9-6-7-15(11-16)12-19(22)23)24-29-13-17-8-4-5-10-18(17)20(25-28-3)21(26)27-2/h4-12H,13H2,1-3H3. The number of hydrogen-bond donors (Lipinski definition) is 0. The number of hydrogen-bond acceptors (Lipinski definition) is 6. The van der Waals surface area contributed by atoms with Crippen molar-refractivity contribution < 1.29 is 19.2 Å². The number of oxime groups is 2. The molecule has 0 aliphatic heterocycles. The minimum atomic E-state index is -0.609. The quantitative estimate of drug-likeness (QED) is 0.335. The van der Waals surface area contributed by atoms with Crippen molar-refractivity contribution in [3.05, 3.63) is 75.3 Å². The summed E-state index contributed by atoms with van der Waals surface area (Å²) in [4.78, 5) is 22.3. The molecule has 0 saturated heterocycles. The zero-order valence-corrected chi connectivity index (χ0v) is 17.7. The van der Waals surface area contributed by atoms with E-state index in [-0.39, 0.29) is 16.8 Å². The molecule has 0 saturated carbocycles. The van der Waals surface area contributed by atoms with Gasteiger partial charge in [0.25, 0.3) is 0 Å². The van der Waals surface area contributed by atoms with Crippen molar-refractivity contribution in [1.29, 1.82) is 0 Å². The van der Waals surface area contributed by atoms with Gasteiger partial charge >= 0.3 is 5.97 Å². The summed E-state index contributed by atoms with van der Waals surface area (Å²) in [5.74, 6) is -0.609. The van der Waals surface area contributed by atoms with E-state index in [1.807, 2.05) is 43.3 Å². The number of benzene rings is 2. The maximum atomic E-state index is 12.0. The summed E-state index contributed by atoms with van der Waals surface area (Å²) in [5.41, 5.74) is 3.67. The molecule has 8 heteroatoms. The molecule has 0 spiro atoms. The fourth-order valence-corrected chi connectivity index (χ4v) is 2.74. The van der Waals surface area contributed by atoms with Crippen molar-refractivity contribution >= 4 is 46.7 Å². The maximum Gasteiger partial charge on any atom is 0.360 e. The number of esters is 1. The van der Waals surface area contributed by atoms with Crippen LogP contribution in [0.1, 0.15) is 29.2 Å². The Balaban J connectivity index is 2.19. The summed E-state index contributed by atoms with van der Waals surface area (Å²) in [7, 11) is 2.64. The highest BCUT2D eigenvalue weighted by Gasteiger charge is 2.19. The molecule has 0 atom stereocenters. The molecule has 152 valence electrons. The Hall–Kier alpha value is -2.83. The molecule has 0 N–H and O–H groups in total. The van der Waals surface area contributed by atoms with Gasteiger partial charge in [-0.25, -0.2) is 4.79 Å². The van der Waals surface area contributed by atoms with Gasteiger partial charge in [0.1, 0.15) is 18.2 Å². The van der Waals surface area contributed by atoms with Gasteiger partial charge in [-0.1, -0.05) is 76.0 Å². The fourth-order valence-electron chi connectivity index (χ4n) is 2.49. The molecule has 0 heterocycles. The second-order valence-electron chi connectivity index (χ2n) is 5.78. The first-order chi connectivity index (χ1) is 14.0. The Morgan fingerprint density at radius 1 is 1.07 bits per heavy atom. The molecule has 0 amide bonds. The van der Waals surface area contributed by atoms with Crippen LogP contribution in [-0.2, 0) is 25.8 Å². The Morgan fingerprint density at radius 2 is 1.83 bits per heavy atom. The van der Waals surface area contributed by atoms with E-state index in [2.05, 4.69) is 10.3 Å². The first kappa shape index (κ1) is 22.5. The first-order valence-electron chi connectivity index (χ1n) is 8.53. The van der Waals surface area contributed by atoms with Crippen LogP contribution in [0, 0.1) is 0 Å². The third-order valence-electron chi connectivity index (χ3n) is 3.84. The van der Waals surface area contributed by atoms with E-state index >= 15 is 0 Å². The summed E-state index contributed by atoms with van der Waals surface area (Å²) in [6.45, 7) is 1.95. The average molecular weight is 435 g/mol. The number of halogens is 2. The van der Waals surface area contributed by atoms with Gasteiger partial charge in [-0.15, -0.1) is 0 Å². The van der Waals surface area contributed by atoms with Crippen LogP contribution in [-0.4, -0.2) is 31.6 Å². The molecule has 0 aliphatic rings. The van der Waals surface area contributed by atoms with Crippen molar-refractivity contribution in [2.45, 2.75) is 13.5 Å². The van der Waals surface area contributed by atoms with Gasteiger partial charge in [0.15, 0.2) is 5.71 Å². The van der Waals surface area contributed by atoms with Crippen LogP contribution < -0.4 is 0 Å². The van der Waals surface area contributed by atoms with E-state index in [9.17, 15) is 4.79 Å². The Morgan fingerprint density at radius 3 is 2.52 bits per heavy atom. The van der Waals surface area contributed by atoms with Crippen molar-refractivity contribution in [3.8, 4) is 0 Å². The van der Waals surface area contributed by atoms with E-state index in [0.29, 0.717) is 16.8 Å². The lowest BCUT2D eigenvalue weighted by molar-refractivity contribution is -0.132. The first-order valence-corrected chi connectivity index (χ1v) is 9.29. The highest BCUT2D eigenvalue weighted by Crippen LogP contribution is 2.16. The number of rotatable bonds is 8. The van der Waals surface area contributed by atoms with Crippen molar-refractivity contribution in [1.82, 2.24) is 0 Å². The van der Waals surface area contributed by atoms with Gasteiger partial charge in [-0.05, 0) is 30.2 Å². The molecule has 6 nitrogen and oxygen atoms in total. The van der Waals surface area contributed by atoms with E-state index in [4.69, 9.17) is 37.6 Å². The predicted molar refractivity (Wildman–Crippen MR) is 115 cm³/mol. The van der Waals surface area contributed by atoms with Gasteiger partial charge in [0, 0.05) is 11.1 Å². The van der Waals surface area contributed by atoms with E-state index < -0.39 is 5.97 Å². The Bertz CT molecular complexity index is 951. The Kier molecular flexibility index (Phi) is 8.70. The van der Waals surface area contributed by atoms with Crippen molar-refractivity contribution in [2.24, 2.45) is 10.3 Å². The normalized spacial score (nSPS) is 11.6. The maximum absolute atomic E-state index is 12.0. The summed E-state index contributed by atoms with van der Waals surface area (Å²) < 4.78 is 4.94. The molecule has 2 rings (SSSR count). The summed E-state index contributed by atoms with van der Waals surface area (Å²) in [5, 5.41) is 7.94. The van der Waals surface area contributed by atoms with Gasteiger partial charge in [-0.2, -0.15) is 0 Å². The molecule has 0 aliphatic carbocycles. The highest BCUT2D eigenvalue weighted by atomic mass is 35.5. The van der Waals surface area contributed by atoms with Crippen LogP contribution in [0.15, 0.2) is 63.3 Å². The van der Waals surface area contributed by atoms with Crippen LogP contribution in [0.2, 0.25) is 0 Å². The lowest BCUT2D eigenvalue weighted by Gasteiger charge is -2.10. The average Bonchev–Trinajstić information content (AvgIpc) is 2.71. The zero-order chi connectivity index (χ0) is 21.2. The van der Waals surface area contributed by atoms with Gasteiger partial charge < -0.3 is 14.4 Å². The molecule has 0 radical (unpaired) electrons. The number of methoxy groups -OCH3 is 1. The molecular formula is C21H20Cl2N2O4. The van der Waals surface area contributed by atoms with Crippen LogP contribution in [0.4, 0.5) is 0 Å². The van der Waals surface area contributed by atoms with Gasteiger partial charge in [-0.3, -0.25) is 0 Å². The van der Waals surface area contributed by atoms with Crippen molar-refractivity contribution in [2.75, 3.05) is 14.2 Å². The molecule has 0 unspecified atom stereocenters. The number of nitrogens with zero attached hydrogens (tertiary/aromatic N) is 2. The smallest absolute Gasteiger partial charge is 0.360 e. The molecule has 29 heavy (non-hydrogen) atoms. The van der Waals surface area contributed by atoms with E-state index in [1.165, 1.54) is 14.2 Å². The molecule has 0 bridgehead atoms. The lowest BCUT2D eigenvalue weighted by Crippen LogP contribution is -2.19. The van der Waals surface area contributed by atoms with Crippen molar-refractivity contribution in [3.63, 3.8) is 0 Å². The monoisotopic (exact) mass is 434 g/mol. The van der Waals surface area contributed by atoms with Crippen LogP contribution in [0.3, 0.4) is 0 Å². The molecule has 2 aromatic rings. The van der Waals surface area contributed by atoms with Crippen LogP contribution >= 0.6 is 23.2 Å². The second kappa shape index (κ2) is 11.2. The third kappa shape index (κ3) is 6.62. The van der Waals surface area contributed by atoms with E-state index in [0.717, 1.165) is 11.1 Å². The lowest BCUT2D eigenvalue weighted by atomic mass is 10.0. The topological polar surface area (TPSA) is 69.5 Å². The number of carbonyl (C=O) groups is 1. The molecule has 2 aromatic carbocycles. The number of ether oxygens (including phenoxy) is 1. The second-order valence-corrected chi connectivity index (χ2v) is 6.79. The number of carbonyl (C=O) groups excluding carboxylic acids is 1. The highest BCUT2D eigenvalue weighted by molar-refractivity contribution is 6.57. The largest absolute Gasteiger partial charge is 0.464 e. The SMILES string of the molecule is CON=C(C(=O)OC)c1ccccc1CON=C(C)c1cccc(C=C(Cl)Cl)c1. The summed E-state index contributed by atoms with van der Waals surface area (Å²) in [6, 6.07) is 14.7. The fraction of sp³-hybridized carbons (Fsp3) is 0.190. The Labute approximate surface area is 179 Å². The molecule has 0 aromatic heterocycles. The third-order valence-corrected chi connectivity index (χ3v) is 4.05. The minimum absolute atomic E-state index is 0.0485. The van der Waals surface area contributed by atoms with Crippen LogP contribution in [0.25, 0.3) is 6.08 Å². The summed E-state index contributed by atoms with van der Waals surface area (Å²) >= 11 is 11.4. The van der Waals surface area contributed by atoms with Gasteiger partial charge in [0.2, 0.25) is 0 Å².